The Labute approximate surface area is 86.6 Å². The number of carbonyl (C=O) groups excluding carboxylic acids is 2. The predicted octanol–water partition coefficient (Wildman–Crippen LogP) is 0.0434. The van der Waals surface area contributed by atoms with Crippen molar-refractivity contribution in [3.8, 4) is 0 Å². The zero-order valence-electron chi connectivity index (χ0n) is 6.14. The molecule has 4 N–H and O–H groups in total. The first-order valence-corrected chi connectivity index (χ1v) is 5.22. The summed E-state index contributed by atoms with van der Waals surface area (Å²) < 4.78 is 0. The fraction of sp³-hybridized carbons (Fsp3) is 0.333. The Morgan fingerprint density at radius 3 is 1.50 bits per heavy atom. The number of alkyl halides is 2. The van der Waals surface area contributed by atoms with Crippen molar-refractivity contribution in [1.29, 1.82) is 0 Å². The number of Topliss-reactive ketones (excluding diaryl/α,β-unsaturated/α-hetero) is 2. The van der Waals surface area contributed by atoms with Gasteiger partial charge in [-0.2, -0.15) is 0 Å². The number of allylic oxidation sites excluding steroid dienone is 1. The monoisotopic (exact) mass is 298 g/mol. The average molecular weight is 300 g/mol. The second-order valence-electron chi connectivity index (χ2n) is 1.94. The van der Waals surface area contributed by atoms with E-state index in [0.29, 0.717) is 0 Å². The van der Waals surface area contributed by atoms with Crippen LogP contribution in [0.3, 0.4) is 0 Å². The number of rotatable bonds is 4. The summed E-state index contributed by atoms with van der Waals surface area (Å²) in [6, 6.07) is 0. The van der Waals surface area contributed by atoms with E-state index < -0.39 is 11.6 Å². The standard InChI is InChI=1S/C6H8Br2N2O2/c7-1-3(11)5(6(9)10)4(12)2-8/h1-2,9-10H2. The molecule has 0 radical (unpaired) electrons. The first kappa shape index (κ1) is 11.6. The van der Waals surface area contributed by atoms with E-state index in [0.717, 1.165) is 0 Å². The molecular weight excluding hydrogens is 292 g/mol. The van der Waals surface area contributed by atoms with Crippen LogP contribution in [-0.2, 0) is 9.59 Å². The zero-order valence-corrected chi connectivity index (χ0v) is 9.31. The highest BCUT2D eigenvalue weighted by Crippen LogP contribution is 2.04. The van der Waals surface area contributed by atoms with Crippen molar-refractivity contribution in [2.24, 2.45) is 11.5 Å². The molecule has 0 bridgehead atoms. The summed E-state index contributed by atoms with van der Waals surface area (Å²) in [5.41, 5.74) is 10.2. The van der Waals surface area contributed by atoms with Crippen LogP contribution in [0, 0.1) is 0 Å². The van der Waals surface area contributed by atoms with Gasteiger partial charge in [-0.15, -0.1) is 0 Å². The van der Waals surface area contributed by atoms with E-state index in [2.05, 4.69) is 31.9 Å². The lowest BCUT2D eigenvalue weighted by molar-refractivity contribution is -0.118. The molecule has 0 fully saturated rings. The van der Waals surface area contributed by atoms with Crippen molar-refractivity contribution in [3.63, 3.8) is 0 Å². The third-order valence-corrected chi connectivity index (χ3v) is 2.11. The van der Waals surface area contributed by atoms with Gasteiger partial charge in [0.1, 0.15) is 11.4 Å². The van der Waals surface area contributed by atoms with Crippen LogP contribution in [0.1, 0.15) is 0 Å². The molecule has 0 aliphatic heterocycles. The molecule has 0 aromatic rings. The van der Waals surface area contributed by atoms with Crippen LogP contribution in [0.15, 0.2) is 11.4 Å². The van der Waals surface area contributed by atoms with Gasteiger partial charge in [-0.25, -0.2) is 0 Å². The van der Waals surface area contributed by atoms with Gasteiger partial charge in [-0.1, -0.05) is 31.9 Å². The smallest absolute Gasteiger partial charge is 0.180 e. The minimum absolute atomic E-state index is 0.0406. The van der Waals surface area contributed by atoms with E-state index in [9.17, 15) is 9.59 Å². The summed E-state index contributed by atoms with van der Waals surface area (Å²) in [5.74, 6) is -1.04. The molecule has 68 valence electrons. The molecule has 0 spiro atoms. The molecule has 0 heterocycles. The summed E-state index contributed by atoms with van der Waals surface area (Å²) >= 11 is 5.84. The molecule has 6 heteroatoms. The Morgan fingerprint density at radius 1 is 1.00 bits per heavy atom. The summed E-state index contributed by atoms with van der Waals surface area (Å²) in [6.45, 7) is 0. The van der Waals surface area contributed by atoms with E-state index in [-0.39, 0.29) is 22.1 Å². The van der Waals surface area contributed by atoms with Crippen molar-refractivity contribution < 1.29 is 9.59 Å². The van der Waals surface area contributed by atoms with Gasteiger partial charge in [0.15, 0.2) is 11.6 Å². The predicted molar refractivity (Wildman–Crippen MR) is 53.0 cm³/mol. The van der Waals surface area contributed by atoms with Gasteiger partial charge in [-0.3, -0.25) is 9.59 Å². The molecule has 0 rings (SSSR count). The molecule has 0 aliphatic rings. The first-order chi connectivity index (χ1) is 5.54. The number of carbonyl (C=O) groups is 2. The maximum absolute atomic E-state index is 11.0. The third kappa shape index (κ3) is 2.94. The van der Waals surface area contributed by atoms with E-state index in [1.807, 2.05) is 0 Å². The molecular formula is C6H8Br2N2O2. The number of hydrogen-bond donors (Lipinski definition) is 2. The summed E-state index contributed by atoms with van der Waals surface area (Å²) in [4.78, 5) is 22.1. The van der Waals surface area contributed by atoms with Gasteiger partial charge in [0.05, 0.1) is 10.7 Å². The Bertz CT molecular complexity index is 216. The largest absolute Gasteiger partial charge is 0.385 e. The van der Waals surface area contributed by atoms with E-state index >= 15 is 0 Å². The van der Waals surface area contributed by atoms with Gasteiger partial charge in [-0.05, 0) is 0 Å². The van der Waals surface area contributed by atoms with Crippen molar-refractivity contribution >= 4 is 43.4 Å². The summed E-state index contributed by atoms with van der Waals surface area (Å²) in [7, 11) is 0. The van der Waals surface area contributed by atoms with Gasteiger partial charge in [0.2, 0.25) is 0 Å². The van der Waals surface area contributed by atoms with Crippen molar-refractivity contribution in [1.82, 2.24) is 0 Å². The number of halogens is 2. The highest BCUT2D eigenvalue weighted by atomic mass is 79.9. The lowest BCUT2D eigenvalue weighted by atomic mass is 10.1. The lowest BCUT2D eigenvalue weighted by Crippen LogP contribution is -2.24. The SMILES string of the molecule is NC(N)=C(C(=O)CBr)C(=O)CBr. The summed E-state index contributed by atoms with van der Waals surface area (Å²) in [5, 5.41) is 0.0813. The van der Waals surface area contributed by atoms with Crippen LogP contribution in [0.2, 0.25) is 0 Å². The highest BCUT2D eigenvalue weighted by Gasteiger charge is 2.18. The molecule has 0 unspecified atom stereocenters. The van der Waals surface area contributed by atoms with Crippen molar-refractivity contribution in [2.45, 2.75) is 0 Å². The number of nitrogens with two attached hydrogens (primary N) is 2. The van der Waals surface area contributed by atoms with Crippen molar-refractivity contribution in [2.75, 3.05) is 10.7 Å². The number of hydrogen-bond acceptors (Lipinski definition) is 4. The van der Waals surface area contributed by atoms with Gasteiger partial charge < -0.3 is 11.5 Å². The van der Waals surface area contributed by atoms with Crippen LogP contribution in [-0.4, -0.2) is 22.2 Å². The van der Waals surface area contributed by atoms with E-state index in [1.165, 1.54) is 0 Å². The second kappa shape index (κ2) is 5.31. The highest BCUT2D eigenvalue weighted by molar-refractivity contribution is 9.09. The normalized spacial score (nSPS) is 9.17. The summed E-state index contributed by atoms with van der Waals surface area (Å²) in [6.07, 6.45) is 0. The fourth-order valence-corrected chi connectivity index (χ4v) is 1.17. The van der Waals surface area contributed by atoms with E-state index in [4.69, 9.17) is 11.5 Å². The van der Waals surface area contributed by atoms with Crippen molar-refractivity contribution in [3.05, 3.63) is 11.4 Å². The maximum atomic E-state index is 11.0. The molecule has 0 saturated carbocycles. The minimum Gasteiger partial charge on any atom is -0.385 e. The molecule has 4 nitrogen and oxygen atoms in total. The van der Waals surface area contributed by atoms with Crippen LogP contribution < -0.4 is 11.5 Å². The van der Waals surface area contributed by atoms with Crippen LogP contribution in [0.4, 0.5) is 0 Å². The topological polar surface area (TPSA) is 86.2 Å². The van der Waals surface area contributed by atoms with Crippen LogP contribution >= 0.6 is 31.9 Å². The minimum atomic E-state index is -0.403. The molecule has 0 saturated heterocycles. The second-order valence-corrected chi connectivity index (χ2v) is 3.07. The average Bonchev–Trinajstić information content (AvgIpc) is 2.03. The first-order valence-electron chi connectivity index (χ1n) is 2.98. The van der Waals surface area contributed by atoms with Gasteiger partial charge in [0.25, 0.3) is 0 Å². The molecule has 0 aliphatic carbocycles. The fourth-order valence-electron chi connectivity index (χ4n) is 0.611. The van der Waals surface area contributed by atoms with Crippen LogP contribution in [0.25, 0.3) is 0 Å². The van der Waals surface area contributed by atoms with Gasteiger partial charge in [0, 0.05) is 0 Å². The molecule has 0 aromatic carbocycles. The maximum Gasteiger partial charge on any atom is 0.180 e. The Morgan fingerprint density at radius 2 is 1.33 bits per heavy atom. The molecule has 0 aromatic heterocycles. The zero-order chi connectivity index (χ0) is 9.72. The Balaban J connectivity index is 4.83. The van der Waals surface area contributed by atoms with E-state index in [1.54, 1.807) is 0 Å². The van der Waals surface area contributed by atoms with Crippen LogP contribution in [0.5, 0.6) is 0 Å². The number of ketones is 2. The Hall–Kier alpha value is -0.360. The molecule has 0 atom stereocenters. The Kier molecular flexibility index (Phi) is 5.16. The lowest BCUT2D eigenvalue weighted by Gasteiger charge is -2.02. The molecule has 0 amide bonds. The third-order valence-electron chi connectivity index (χ3n) is 1.09. The molecule has 12 heavy (non-hydrogen) atoms. The quantitative estimate of drug-likeness (QED) is 0.332. The van der Waals surface area contributed by atoms with Gasteiger partial charge >= 0.3 is 0 Å².